The molecule has 0 aromatic rings. The molecule has 0 aliphatic heterocycles. The Kier molecular flexibility index (Phi) is 5.90. The third kappa shape index (κ3) is 3.35. The number of hydroxylamine groups is 1. The van der Waals surface area contributed by atoms with Crippen molar-refractivity contribution in [3.63, 3.8) is 0 Å². The first kappa shape index (κ1) is 13.5. The monoisotopic (exact) mass is 309 g/mol. The van der Waals surface area contributed by atoms with Gasteiger partial charge in [0.25, 0.3) is 0 Å². The average Bonchev–Trinajstić information content (AvgIpc) is 2.16. The topological polar surface area (TPSA) is 72.7 Å². The van der Waals surface area contributed by atoms with Gasteiger partial charge < -0.3 is 10.2 Å². The molecule has 78 valence electrons. The van der Waals surface area contributed by atoms with E-state index in [9.17, 15) is 5.11 Å². The Hall–Kier alpha value is -0.465. The Bertz CT molecular complexity index is 299. The molecule has 0 amide bonds. The highest BCUT2D eigenvalue weighted by molar-refractivity contribution is 14.1. The Balaban J connectivity index is 5.27. The minimum absolute atomic E-state index is 0.00468. The predicted molar refractivity (Wildman–Crippen MR) is 66.1 cm³/mol. The van der Waals surface area contributed by atoms with Crippen molar-refractivity contribution in [1.29, 1.82) is 0 Å². The number of rotatable bonds is 4. The number of aliphatic hydroxyl groups excluding tert-OH is 2. The summed E-state index contributed by atoms with van der Waals surface area (Å²) >= 11 is 1.86. The van der Waals surface area contributed by atoms with Crippen molar-refractivity contribution in [2.75, 3.05) is 6.61 Å². The van der Waals surface area contributed by atoms with Crippen molar-refractivity contribution in [3.05, 3.63) is 32.7 Å². The smallest absolute Gasteiger partial charge is 0.143 e. The summed E-state index contributed by atoms with van der Waals surface area (Å²) in [5.74, 6) is -0.00468. The van der Waals surface area contributed by atoms with Crippen molar-refractivity contribution in [3.8, 4) is 0 Å². The zero-order valence-electron chi connectivity index (χ0n) is 8.13. The van der Waals surface area contributed by atoms with E-state index in [4.69, 9.17) is 10.3 Å². The van der Waals surface area contributed by atoms with Gasteiger partial charge in [0.05, 0.1) is 15.9 Å². The van der Waals surface area contributed by atoms with Crippen molar-refractivity contribution in [2.45, 2.75) is 6.92 Å². The van der Waals surface area contributed by atoms with Crippen LogP contribution in [0.15, 0.2) is 32.7 Å². The lowest BCUT2D eigenvalue weighted by atomic mass is 9.95. The molecule has 0 spiro atoms. The molecule has 0 heterocycles. The molecule has 6 heteroatoms. The standard InChI is InChI=1S/C8H13BINO3/c1-4(3-12)7(11-14)6(10)8(13)5(2)9/h11-14H,2-3,9H2,1H3/b7-4+,8-6-. The number of hydrogen-bond donors (Lipinski definition) is 4. The van der Waals surface area contributed by atoms with Gasteiger partial charge in [-0.05, 0) is 35.1 Å². The largest absolute Gasteiger partial charge is 0.507 e. The molecule has 4 nitrogen and oxygen atoms in total. The fourth-order valence-electron chi connectivity index (χ4n) is 0.717. The van der Waals surface area contributed by atoms with Gasteiger partial charge in [-0.3, -0.25) is 10.7 Å². The lowest BCUT2D eigenvalue weighted by Crippen LogP contribution is -2.12. The number of allylic oxidation sites excluding steroid dienone is 2. The van der Waals surface area contributed by atoms with Crippen molar-refractivity contribution in [2.24, 2.45) is 0 Å². The van der Waals surface area contributed by atoms with Gasteiger partial charge in [-0.1, -0.05) is 5.47 Å². The summed E-state index contributed by atoms with van der Waals surface area (Å²) in [5.41, 5.74) is 3.27. The quantitative estimate of drug-likeness (QED) is 0.202. The second kappa shape index (κ2) is 6.10. The summed E-state index contributed by atoms with van der Waals surface area (Å²) in [6.45, 7) is 5.02. The van der Waals surface area contributed by atoms with E-state index in [1.165, 1.54) is 0 Å². The summed E-state index contributed by atoms with van der Waals surface area (Å²) in [7, 11) is 1.65. The molecule has 0 rings (SSSR count). The minimum atomic E-state index is -0.196. The van der Waals surface area contributed by atoms with Gasteiger partial charge in [0.1, 0.15) is 13.6 Å². The Morgan fingerprint density at radius 1 is 1.57 bits per heavy atom. The maximum absolute atomic E-state index is 9.55. The molecule has 0 aliphatic rings. The molecule has 4 N–H and O–H groups in total. The van der Waals surface area contributed by atoms with E-state index < -0.39 is 0 Å². The zero-order chi connectivity index (χ0) is 11.3. The van der Waals surface area contributed by atoms with E-state index in [-0.39, 0.29) is 12.4 Å². The van der Waals surface area contributed by atoms with Crippen LogP contribution in [-0.4, -0.2) is 29.9 Å². The van der Waals surface area contributed by atoms with E-state index in [0.29, 0.717) is 20.3 Å². The first-order chi connectivity index (χ1) is 6.45. The molecule has 0 saturated carbocycles. The van der Waals surface area contributed by atoms with Gasteiger partial charge in [-0.2, -0.15) is 0 Å². The fraction of sp³-hybridized carbons (Fsp3) is 0.250. The van der Waals surface area contributed by atoms with Gasteiger partial charge in [-0.15, -0.1) is 6.58 Å². The van der Waals surface area contributed by atoms with Crippen molar-refractivity contribution >= 4 is 30.4 Å². The van der Waals surface area contributed by atoms with Crippen molar-refractivity contribution in [1.82, 2.24) is 5.48 Å². The third-order valence-electron chi connectivity index (χ3n) is 1.61. The summed E-state index contributed by atoms with van der Waals surface area (Å²) < 4.78 is 0.421. The SMILES string of the molecule is BC(=C)/C(O)=C(I)\C(NO)=C(\C)CO. The third-order valence-corrected chi connectivity index (χ3v) is 2.66. The van der Waals surface area contributed by atoms with Crippen LogP contribution >= 0.6 is 22.6 Å². The highest BCUT2D eigenvalue weighted by Crippen LogP contribution is 2.23. The Morgan fingerprint density at radius 3 is 2.36 bits per heavy atom. The molecular weight excluding hydrogens is 296 g/mol. The van der Waals surface area contributed by atoms with Crippen LogP contribution in [0.25, 0.3) is 0 Å². The molecule has 0 radical (unpaired) electrons. The number of halogens is 1. The molecule has 0 unspecified atom stereocenters. The van der Waals surface area contributed by atoms with Crippen molar-refractivity contribution < 1.29 is 15.4 Å². The van der Waals surface area contributed by atoms with Crippen LogP contribution in [0, 0.1) is 0 Å². The number of hydrogen-bond acceptors (Lipinski definition) is 4. The highest BCUT2D eigenvalue weighted by Gasteiger charge is 2.10. The molecule has 0 bridgehead atoms. The first-order valence-electron chi connectivity index (χ1n) is 3.91. The average molecular weight is 309 g/mol. The molecule has 0 aromatic carbocycles. The summed E-state index contributed by atoms with van der Waals surface area (Å²) in [6.07, 6.45) is 0. The fourth-order valence-corrected chi connectivity index (χ4v) is 1.76. The van der Waals surface area contributed by atoms with Crippen LogP contribution in [-0.2, 0) is 0 Å². The van der Waals surface area contributed by atoms with E-state index in [1.807, 2.05) is 28.1 Å². The van der Waals surface area contributed by atoms with Crippen LogP contribution < -0.4 is 5.48 Å². The Morgan fingerprint density at radius 2 is 2.07 bits per heavy atom. The summed E-state index contributed by atoms with van der Waals surface area (Å²) in [6, 6.07) is 0. The molecule has 0 aliphatic carbocycles. The van der Waals surface area contributed by atoms with E-state index in [1.54, 1.807) is 14.8 Å². The lowest BCUT2D eigenvalue weighted by Gasteiger charge is -2.10. The number of aliphatic hydroxyl groups is 2. The van der Waals surface area contributed by atoms with Crippen LogP contribution in [0.3, 0.4) is 0 Å². The van der Waals surface area contributed by atoms with E-state index >= 15 is 0 Å². The van der Waals surface area contributed by atoms with Crippen LogP contribution in [0.1, 0.15) is 6.92 Å². The summed E-state index contributed by atoms with van der Waals surface area (Å²) in [4.78, 5) is 0. The minimum Gasteiger partial charge on any atom is -0.507 e. The normalized spacial score (nSPS) is 14.3. The van der Waals surface area contributed by atoms with Gasteiger partial charge in [-0.25, -0.2) is 0 Å². The van der Waals surface area contributed by atoms with Gasteiger partial charge >= 0.3 is 0 Å². The molecule has 14 heavy (non-hydrogen) atoms. The first-order valence-corrected chi connectivity index (χ1v) is 4.99. The second-order valence-electron chi connectivity index (χ2n) is 2.87. The maximum Gasteiger partial charge on any atom is 0.143 e. The molecule has 0 atom stereocenters. The number of nitrogens with one attached hydrogen (secondary N) is 1. The molecule has 0 fully saturated rings. The van der Waals surface area contributed by atoms with Crippen LogP contribution in [0.4, 0.5) is 0 Å². The van der Waals surface area contributed by atoms with Gasteiger partial charge in [0, 0.05) is 0 Å². The predicted octanol–water partition coefficient (Wildman–Crippen LogP) is 0.583. The Labute approximate surface area is 97.5 Å². The highest BCUT2D eigenvalue weighted by atomic mass is 127. The summed E-state index contributed by atoms with van der Waals surface area (Å²) in [5, 5.41) is 27.2. The van der Waals surface area contributed by atoms with E-state index in [2.05, 4.69) is 6.58 Å². The zero-order valence-corrected chi connectivity index (χ0v) is 10.3. The van der Waals surface area contributed by atoms with Gasteiger partial charge in [0.2, 0.25) is 0 Å². The van der Waals surface area contributed by atoms with Crippen LogP contribution in [0.2, 0.25) is 0 Å². The molecular formula is C8H13BINO3. The second-order valence-corrected chi connectivity index (χ2v) is 3.95. The maximum atomic E-state index is 9.55. The lowest BCUT2D eigenvalue weighted by molar-refractivity contribution is 0.200. The molecule has 0 saturated heterocycles. The molecule has 0 aromatic heterocycles. The van der Waals surface area contributed by atoms with Crippen LogP contribution in [0.5, 0.6) is 0 Å². The van der Waals surface area contributed by atoms with E-state index in [0.717, 1.165) is 0 Å². The van der Waals surface area contributed by atoms with Gasteiger partial charge in [0.15, 0.2) is 0 Å².